The van der Waals surface area contributed by atoms with Gasteiger partial charge in [-0.1, -0.05) is 39.8 Å². The van der Waals surface area contributed by atoms with E-state index < -0.39 is 11.9 Å². The minimum absolute atomic E-state index is 0.204. The first-order chi connectivity index (χ1) is 11.2. The molecule has 0 saturated carbocycles. The fourth-order valence-electron chi connectivity index (χ4n) is 1.49. The molecule has 0 bridgehead atoms. The summed E-state index contributed by atoms with van der Waals surface area (Å²) in [7, 11) is 1.61. The van der Waals surface area contributed by atoms with E-state index >= 15 is 0 Å². The van der Waals surface area contributed by atoms with Gasteiger partial charge in [-0.15, -0.1) is 0 Å². The highest BCUT2D eigenvalue weighted by molar-refractivity contribution is 5.18. The molecule has 3 nitrogen and oxygen atoms in total. The van der Waals surface area contributed by atoms with Crippen LogP contribution in [0.1, 0.15) is 50.4 Å². The van der Waals surface area contributed by atoms with Crippen LogP contribution in [0.15, 0.2) is 36.7 Å². The third-order valence-electron chi connectivity index (χ3n) is 2.84. The quantitative estimate of drug-likeness (QED) is 0.707. The predicted octanol–water partition coefficient (Wildman–Crippen LogP) is 5.65. The Balaban J connectivity index is 0.000000420. The largest absolute Gasteiger partial charge is 0.481 e. The number of methoxy groups -OCH3 is 1. The monoisotopic (exact) mass is 342 g/mol. The summed E-state index contributed by atoms with van der Waals surface area (Å²) < 4.78 is 41.0. The van der Waals surface area contributed by atoms with Crippen LogP contribution in [0.4, 0.5) is 13.2 Å². The molecule has 0 unspecified atom stereocenters. The zero-order valence-electron chi connectivity index (χ0n) is 15.0. The summed E-state index contributed by atoms with van der Waals surface area (Å²) in [5.74, 6) is 0.871. The van der Waals surface area contributed by atoms with E-state index in [0.29, 0.717) is 5.88 Å². The molecule has 134 valence electrons. The number of rotatable bonds is 2. The zero-order chi connectivity index (χ0) is 18.8. The van der Waals surface area contributed by atoms with Crippen molar-refractivity contribution in [3.05, 3.63) is 53.5 Å². The Hall–Kier alpha value is -2.11. The van der Waals surface area contributed by atoms with E-state index in [-0.39, 0.29) is 5.92 Å². The molecule has 0 aliphatic heterocycles. The Kier molecular flexibility index (Phi) is 9.69. The topological polar surface area (TPSA) is 35.0 Å². The minimum Gasteiger partial charge on any atom is -0.481 e. The lowest BCUT2D eigenvalue weighted by Crippen LogP contribution is -2.07. The van der Waals surface area contributed by atoms with Gasteiger partial charge in [-0.3, -0.25) is 4.98 Å². The van der Waals surface area contributed by atoms with Crippen LogP contribution < -0.4 is 4.74 Å². The molecule has 0 saturated heterocycles. The number of nitrogens with zero attached hydrogens (tertiary/aromatic N) is 2. The van der Waals surface area contributed by atoms with Crippen LogP contribution >= 0.6 is 0 Å². The van der Waals surface area contributed by atoms with Crippen molar-refractivity contribution in [2.45, 2.75) is 46.7 Å². The second-order valence-electron chi connectivity index (χ2n) is 5.01. The molecule has 24 heavy (non-hydrogen) atoms. The van der Waals surface area contributed by atoms with Gasteiger partial charge in [0.1, 0.15) is 5.69 Å². The number of pyridine rings is 2. The number of aryl methyl sites for hydroxylation is 1. The number of ether oxygens (including phenoxy) is 1. The van der Waals surface area contributed by atoms with E-state index in [9.17, 15) is 13.2 Å². The molecule has 0 atom stereocenters. The van der Waals surface area contributed by atoms with Crippen molar-refractivity contribution >= 4 is 0 Å². The van der Waals surface area contributed by atoms with Crippen molar-refractivity contribution < 1.29 is 17.9 Å². The van der Waals surface area contributed by atoms with E-state index in [4.69, 9.17) is 4.74 Å². The van der Waals surface area contributed by atoms with E-state index in [1.807, 2.05) is 46.8 Å². The van der Waals surface area contributed by atoms with Crippen LogP contribution in [-0.4, -0.2) is 17.1 Å². The highest BCUT2D eigenvalue weighted by atomic mass is 19.4. The van der Waals surface area contributed by atoms with Gasteiger partial charge < -0.3 is 4.74 Å². The van der Waals surface area contributed by atoms with Gasteiger partial charge in [-0.2, -0.15) is 13.2 Å². The summed E-state index contributed by atoms with van der Waals surface area (Å²) in [5.41, 5.74) is 1.13. The maximum Gasteiger partial charge on any atom is 0.433 e. The predicted molar refractivity (Wildman–Crippen MR) is 90.2 cm³/mol. The van der Waals surface area contributed by atoms with Crippen LogP contribution in [-0.2, 0) is 6.18 Å². The number of hydrogen-bond acceptors (Lipinski definition) is 3. The van der Waals surface area contributed by atoms with Gasteiger partial charge in [0.25, 0.3) is 0 Å². The first-order valence-electron chi connectivity index (χ1n) is 7.74. The SMILES string of the molecule is CC.CC(C)c1ccc(C(F)(F)F)nc1.COc1ccc(C)cn1. The third kappa shape index (κ3) is 7.94. The number of alkyl halides is 3. The van der Waals surface area contributed by atoms with E-state index in [0.717, 1.165) is 17.2 Å². The fourth-order valence-corrected chi connectivity index (χ4v) is 1.49. The summed E-state index contributed by atoms with van der Waals surface area (Å²) in [4.78, 5) is 7.32. The van der Waals surface area contributed by atoms with Crippen molar-refractivity contribution in [1.82, 2.24) is 9.97 Å². The fraction of sp³-hybridized carbons (Fsp3) is 0.444. The van der Waals surface area contributed by atoms with Crippen LogP contribution in [0, 0.1) is 6.92 Å². The summed E-state index contributed by atoms with van der Waals surface area (Å²) >= 11 is 0. The maximum absolute atomic E-state index is 12.1. The zero-order valence-corrected chi connectivity index (χ0v) is 15.0. The summed E-state index contributed by atoms with van der Waals surface area (Å²) in [5, 5.41) is 0. The molecule has 0 aliphatic rings. The van der Waals surface area contributed by atoms with Crippen LogP contribution in [0.2, 0.25) is 0 Å². The van der Waals surface area contributed by atoms with Gasteiger partial charge in [0.05, 0.1) is 7.11 Å². The molecule has 6 heteroatoms. The van der Waals surface area contributed by atoms with Gasteiger partial charge >= 0.3 is 6.18 Å². The normalized spacial score (nSPS) is 10.2. The van der Waals surface area contributed by atoms with E-state index in [2.05, 4.69) is 9.97 Å². The van der Waals surface area contributed by atoms with Crippen LogP contribution in [0.5, 0.6) is 5.88 Å². The standard InChI is InChI=1S/C9H10F3N.C7H9NO.C2H6/c1-6(2)7-3-4-8(13-5-7)9(10,11)12;1-6-3-4-7(9-2)8-5-6;1-2/h3-6H,1-2H3;3-5H,1-2H3;1-2H3. The van der Waals surface area contributed by atoms with Gasteiger partial charge in [0.2, 0.25) is 5.88 Å². The Bertz CT molecular complexity index is 564. The average molecular weight is 342 g/mol. The summed E-state index contributed by atoms with van der Waals surface area (Å²) in [6.07, 6.45) is -1.29. The number of aromatic nitrogens is 2. The van der Waals surface area contributed by atoms with Gasteiger partial charge in [0, 0.05) is 18.5 Å². The van der Waals surface area contributed by atoms with Gasteiger partial charge in [-0.05, 0) is 30.0 Å². The highest BCUT2D eigenvalue weighted by Crippen LogP contribution is 2.27. The maximum atomic E-state index is 12.1. The molecule has 0 N–H and O–H groups in total. The van der Waals surface area contributed by atoms with Crippen LogP contribution in [0.25, 0.3) is 0 Å². The summed E-state index contributed by atoms with van der Waals surface area (Å²) in [6.45, 7) is 9.81. The molecule has 0 aliphatic carbocycles. The molecular formula is C18H25F3N2O. The Morgan fingerprint density at radius 1 is 0.958 bits per heavy atom. The second kappa shape index (κ2) is 10.6. The highest BCUT2D eigenvalue weighted by Gasteiger charge is 2.31. The lowest BCUT2D eigenvalue weighted by Gasteiger charge is -2.07. The molecule has 0 amide bonds. The molecule has 2 heterocycles. The Labute approximate surface area is 141 Å². The number of halogens is 3. The molecule has 2 aromatic rings. The number of hydrogen-bond donors (Lipinski definition) is 0. The Morgan fingerprint density at radius 3 is 1.92 bits per heavy atom. The Morgan fingerprint density at radius 2 is 1.58 bits per heavy atom. The molecule has 0 fully saturated rings. The van der Waals surface area contributed by atoms with Crippen molar-refractivity contribution in [3.63, 3.8) is 0 Å². The van der Waals surface area contributed by atoms with Gasteiger partial charge in [0.15, 0.2) is 0 Å². The van der Waals surface area contributed by atoms with Crippen molar-refractivity contribution in [3.8, 4) is 5.88 Å². The lowest BCUT2D eigenvalue weighted by atomic mass is 10.1. The van der Waals surface area contributed by atoms with E-state index in [1.165, 1.54) is 12.3 Å². The second-order valence-corrected chi connectivity index (χ2v) is 5.01. The first-order valence-corrected chi connectivity index (χ1v) is 7.74. The smallest absolute Gasteiger partial charge is 0.433 e. The molecule has 0 radical (unpaired) electrons. The molecule has 2 aromatic heterocycles. The molecular weight excluding hydrogens is 317 g/mol. The minimum atomic E-state index is -4.34. The van der Waals surface area contributed by atoms with Crippen molar-refractivity contribution in [2.24, 2.45) is 0 Å². The van der Waals surface area contributed by atoms with Gasteiger partial charge in [-0.25, -0.2) is 4.98 Å². The lowest BCUT2D eigenvalue weighted by molar-refractivity contribution is -0.141. The third-order valence-corrected chi connectivity index (χ3v) is 2.84. The molecule has 0 aromatic carbocycles. The molecule has 2 rings (SSSR count). The van der Waals surface area contributed by atoms with Crippen molar-refractivity contribution in [1.29, 1.82) is 0 Å². The average Bonchev–Trinajstić information content (AvgIpc) is 2.57. The van der Waals surface area contributed by atoms with Crippen LogP contribution in [0.3, 0.4) is 0 Å². The van der Waals surface area contributed by atoms with E-state index in [1.54, 1.807) is 13.3 Å². The first kappa shape index (κ1) is 21.9. The molecule has 0 spiro atoms. The van der Waals surface area contributed by atoms with Crippen molar-refractivity contribution in [2.75, 3.05) is 7.11 Å². The summed E-state index contributed by atoms with van der Waals surface area (Å²) in [6, 6.07) is 6.27.